The number of benzene rings is 3. The number of thioether (sulfide) groups is 1. The van der Waals surface area contributed by atoms with Crippen LogP contribution in [-0.4, -0.2) is 23.3 Å². The third kappa shape index (κ3) is 6.36. The molecule has 0 aliphatic heterocycles. The second-order valence-corrected chi connectivity index (χ2v) is 9.97. The first-order valence-corrected chi connectivity index (χ1v) is 13.0. The zero-order valence-corrected chi connectivity index (χ0v) is 20.6. The van der Waals surface area contributed by atoms with Gasteiger partial charge in [-0.25, -0.2) is 4.98 Å². The van der Waals surface area contributed by atoms with Crippen LogP contribution in [0.25, 0.3) is 10.2 Å². The summed E-state index contributed by atoms with van der Waals surface area (Å²) in [6.45, 7) is 5.20. The van der Waals surface area contributed by atoms with Crippen molar-refractivity contribution in [3.05, 3.63) is 83.9 Å². The summed E-state index contributed by atoms with van der Waals surface area (Å²) in [6.07, 6.45) is 1.31. The molecule has 0 atom stereocenters. The lowest BCUT2D eigenvalue weighted by Crippen LogP contribution is -2.30. The summed E-state index contributed by atoms with van der Waals surface area (Å²) in [7, 11) is 0. The molecule has 0 bridgehead atoms. The second kappa shape index (κ2) is 11.3. The van der Waals surface area contributed by atoms with Gasteiger partial charge in [0.1, 0.15) is 5.75 Å². The van der Waals surface area contributed by atoms with Crippen LogP contribution in [0.2, 0.25) is 0 Å². The number of thiazole rings is 1. The number of anilines is 1. The summed E-state index contributed by atoms with van der Waals surface area (Å²) in [5.41, 5.74) is 3.24. The number of hydrogen-bond acceptors (Lipinski definition) is 5. The quantitative estimate of drug-likeness (QED) is 0.181. The van der Waals surface area contributed by atoms with Gasteiger partial charge < -0.3 is 4.74 Å². The van der Waals surface area contributed by atoms with Gasteiger partial charge in [0.25, 0.3) is 0 Å². The van der Waals surface area contributed by atoms with E-state index in [1.165, 1.54) is 21.8 Å². The van der Waals surface area contributed by atoms with Crippen molar-refractivity contribution in [1.82, 2.24) is 4.98 Å². The highest BCUT2D eigenvalue weighted by Gasteiger charge is 2.20. The first kappa shape index (κ1) is 23.3. The maximum atomic E-state index is 13.3. The smallest absolute Gasteiger partial charge is 0.229 e. The van der Waals surface area contributed by atoms with Crippen molar-refractivity contribution in [2.75, 3.05) is 17.3 Å². The van der Waals surface area contributed by atoms with Crippen LogP contribution in [0.4, 0.5) is 5.13 Å². The van der Waals surface area contributed by atoms with Gasteiger partial charge in [-0.05, 0) is 61.9 Å². The number of amides is 1. The Morgan fingerprint density at radius 1 is 1.06 bits per heavy atom. The van der Waals surface area contributed by atoms with Crippen LogP contribution in [0, 0.1) is 6.92 Å². The number of fused-ring (bicyclic) bond motifs is 1. The Morgan fingerprint density at radius 3 is 2.61 bits per heavy atom. The molecule has 4 aromatic rings. The van der Waals surface area contributed by atoms with Gasteiger partial charge in [-0.3, -0.25) is 9.69 Å². The van der Waals surface area contributed by atoms with Crippen LogP contribution in [0.15, 0.2) is 77.7 Å². The van der Waals surface area contributed by atoms with Crippen molar-refractivity contribution in [3.8, 4) is 5.75 Å². The molecule has 1 aromatic heterocycles. The molecule has 0 saturated heterocycles. The Balaban J connectivity index is 1.47. The van der Waals surface area contributed by atoms with Crippen LogP contribution in [0.3, 0.4) is 0 Å². The molecule has 0 N–H and O–H groups in total. The average Bonchev–Trinajstić information content (AvgIpc) is 3.25. The number of rotatable bonds is 10. The Labute approximate surface area is 203 Å². The molecule has 0 fully saturated rings. The van der Waals surface area contributed by atoms with E-state index >= 15 is 0 Å². The van der Waals surface area contributed by atoms with Crippen LogP contribution in [0.1, 0.15) is 30.9 Å². The van der Waals surface area contributed by atoms with Crippen molar-refractivity contribution in [1.29, 1.82) is 0 Å². The molecular weight excluding hydrogens is 448 g/mol. The summed E-state index contributed by atoms with van der Waals surface area (Å²) < 4.78 is 6.66. The lowest BCUT2D eigenvalue weighted by atomic mass is 10.2. The van der Waals surface area contributed by atoms with Crippen LogP contribution in [0.5, 0.6) is 5.75 Å². The lowest BCUT2D eigenvalue weighted by Gasteiger charge is -2.20. The Kier molecular flexibility index (Phi) is 8.02. The van der Waals surface area contributed by atoms with E-state index < -0.39 is 0 Å². The lowest BCUT2D eigenvalue weighted by molar-refractivity contribution is -0.118. The van der Waals surface area contributed by atoms with Crippen molar-refractivity contribution in [3.63, 3.8) is 0 Å². The Morgan fingerprint density at radius 2 is 1.85 bits per heavy atom. The fourth-order valence-corrected chi connectivity index (χ4v) is 5.34. The molecule has 0 aliphatic rings. The topological polar surface area (TPSA) is 42.4 Å². The van der Waals surface area contributed by atoms with Gasteiger partial charge in [0.15, 0.2) is 5.13 Å². The summed E-state index contributed by atoms with van der Waals surface area (Å²) in [6, 6.07) is 24.5. The summed E-state index contributed by atoms with van der Waals surface area (Å²) >= 11 is 3.33. The summed E-state index contributed by atoms with van der Waals surface area (Å²) in [5.74, 6) is 1.84. The van der Waals surface area contributed by atoms with Gasteiger partial charge in [0.2, 0.25) is 5.91 Å². The van der Waals surface area contributed by atoms with Gasteiger partial charge >= 0.3 is 0 Å². The minimum atomic E-state index is 0.104. The standard InChI is InChI=1S/C27H28N2O2S2/c1-3-31-22-13-16-24-25(18-22)33-27(28-24)29(19-21-8-5-4-6-9-21)26(30)10-7-17-32-23-14-11-20(2)12-15-23/h4-6,8-9,11-16,18H,3,7,10,17,19H2,1-2H3. The molecule has 1 heterocycles. The molecule has 1 amide bonds. The number of ether oxygens (including phenoxy) is 1. The third-order valence-electron chi connectivity index (χ3n) is 5.20. The third-order valence-corrected chi connectivity index (χ3v) is 7.34. The highest BCUT2D eigenvalue weighted by molar-refractivity contribution is 7.99. The molecule has 0 aliphatic carbocycles. The molecule has 0 radical (unpaired) electrons. The van der Waals surface area contributed by atoms with Gasteiger partial charge in [-0.15, -0.1) is 11.8 Å². The first-order chi connectivity index (χ1) is 16.1. The predicted molar refractivity (Wildman–Crippen MR) is 140 cm³/mol. The SMILES string of the molecule is CCOc1ccc2nc(N(Cc3ccccc3)C(=O)CCCSc3ccc(C)cc3)sc2c1. The fourth-order valence-electron chi connectivity index (χ4n) is 3.48. The van der Waals surface area contributed by atoms with E-state index in [0.717, 1.165) is 38.8 Å². The highest BCUT2D eigenvalue weighted by atomic mass is 32.2. The number of nitrogens with zero attached hydrogens (tertiary/aromatic N) is 2. The molecule has 0 saturated carbocycles. The minimum absolute atomic E-state index is 0.104. The summed E-state index contributed by atoms with van der Waals surface area (Å²) in [5, 5.41) is 0.735. The number of aryl methyl sites for hydroxylation is 1. The number of carbonyl (C=O) groups is 1. The van der Waals surface area contributed by atoms with Gasteiger partial charge in [0, 0.05) is 11.3 Å². The van der Waals surface area contributed by atoms with Crippen LogP contribution < -0.4 is 9.64 Å². The molecule has 170 valence electrons. The molecule has 0 spiro atoms. The molecule has 6 heteroatoms. The Hall–Kier alpha value is -2.83. The summed E-state index contributed by atoms with van der Waals surface area (Å²) in [4.78, 5) is 21.2. The normalized spacial score (nSPS) is 11.0. The monoisotopic (exact) mass is 476 g/mol. The largest absolute Gasteiger partial charge is 0.494 e. The minimum Gasteiger partial charge on any atom is -0.494 e. The fraction of sp³-hybridized carbons (Fsp3) is 0.259. The van der Waals surface area contributed by atoms with Gasteiger partial charge in [-0.2, -0.15) is 0 Å². The van der Waals surface area contributed by atoms with Crippen molar-refractivity contribution < 1.29 is 9.53 Å². The van der Waals surface area contributed by atoms with E-state index in [9.17, 15) is 4.79 Å². The molecule has 4 rings (SSSR count). The van der Waals surface area contributed by atoms with E-state index in [2.05, 4.69) is 31.2 Å². The van der Waals surface area contributed by atoms with E-state index in [4.69, 9.17) is 9.72 Å². The average molecular weight is 477 g/mol. The number of carbonyl (C=O) groups excluding carboxylic acids is 1. The van der Waals surface area contributed by atoms with E-state index in [1.54, 1.807) is 11.8 Å². The highest BCUT2D eigenvalue weighted by Crippen LogP contribution is 2.33. The van der Waals surface area contributed by atoms with Crippen molar-refractivity contribution >= 4 is 44.4 Å². The number of hydrogen-bond donors (Lipinski definition) is 0. The molecular formula is C27H28N2O2S2. The first-order valence-electron chi connectivity index (χ1n) is 11.2. The van der Waals surface area contributed by atoms with Gasteiger partial charge in [0.05, 0.1) is 23.4 Å². The van der Waals surface area contributed by atoms with Gasteiger partial charge in [-0.1, -0.05) is 59.4 Å². The van der Waals surface area contributed by atoms with Crippen LogP contribution in [-0.2, 0) is 11.3 Å². The molecule has 3 aromatic carbocycles. The van der Waals surface area contributed by atoms with Crippen molar-refractivity contribution in [2.45, 2.75) is 38.1 Å². The van der Waals surface area contributed by atoms with E-state index in [-0.39, 0.29) is 5.91 Å². The maximum absolute atomic E-state index is 13.3. The van der Waals surface area contributed by atoms with E-state index in [0.29, 0.717) is 19.6 Å². The Bertz CT molecular complexity index is 1190. The van der Waals surface area contributed by atoms with Crippen LogP contribution >= 0.6 is 23.1 Å². The zero-order chi connectivity index (χ0) is 23.0. The maximum Gasteiger partial charge on any atom is 0.229 e. The molecule has 33 heavy (non-hydrogen) atoms. The molecule has 0 unspecified atom stereocenters. The predicted octanol–water partition coefficient (Wildman–Crippen LogP) is 7.11. The zero-order valence-electron chi connectivity index (χ0n) is 19.0. The van der Waals surface area contributed by atoms with E-state index in [1.807, 2.05) is 60.4 Å². The second-order valence-electron chi connectivity index (χ2n) is 7.79. The van der Waals surface area contributed by atoms with Crippen molar-refractivity contribution in [2.24, 2.45) is 0 Å². The molecule has 4 nitrogen and oxygen atoms in total. The number of aromatic nitrogens is 1.